The van der Waals surface area contributed by atoms with Crippen LogP contribution in [0.3, 0.4) is 0 Å². The van der Waals surface area contributed by atoms with Crippen LogP contribution in [0.4, 0.5) is 5.82 Å². The number of hydrogen-bond donors (Lipinski definition) is 4. The molecule has 0 radical (unpaired) electrons. The van der Waals surface area contributed by atoms with Crippen LogP contribution in [0.25, 0.3) is 21.9 Å². The second-order valence-corrected chi connectivity index (χ2v) is 15.0. The van der Waals surface area contributed by atoms with Gasteiger partial charge in [-0.25, -0.2) is 4.98 Å². The van der Waals surface area contributed by atoms with Crippen molar-refractivity contribution in [3.05, 3.63) is 84.6 Å². The van der Waals surface area contributed by atoms with Crippen molar-refractivity contribution >= 4 is 34.4 Å². The highest BCUT2D eigenvalue weighted by Gasteiger charge is 2.19. The molecule has 1 heterocycles. The van der Waals surface area contributed by atoms with Crippen LogP contribution in [-0.4, -0.2) is 94.3 Å². The van der Waals surface area contributed by atoms with Crippen molar-refractivity contribution in [2.45, 2.75) is 97.9 Å². The van der Waals surface area contributed by atoms with Gasteiger partial charge in [-0.15, -0.1) is 0 Å². The number of carboxylic acid groups (broad SMARTS) is 1. The summed E-state index contributed by atoms with van der Waals surface area (Å²) in [4.78, 5) is 41.1. The lowest BCUT2D eigenvalue weighted by Gasteiger charge is -2.24. The number of fused-ring (bicyclic) bond motifs is 1. The molecule has 0 saturated heterocycles. The first-order valence-electron chi connectivity index (χ1n) is 22.8. The van der Waals surface area contributed by atoms with Crippen molar-refractivity contribution < 1.29 is 43.2 Å². The number of hydrogen-bond acceptors (Lipinski definition) is 10. The molecule has 1 aliphatic rings. The lowest BCUT2D eigenvalue weighted by molar-refractivity contribution is -0.138. The van der Waals surface area contributed by atoms with Crippen LogP contribution in [0.5, 0.6) is 11.5 Å². The minimum absolute atomic E-state index is 0.253. The van der Waals surface area contributed by atoms with E-state index in [4.69, 9.17) is 23.7 Å². The number of aliphatic carboxylic acids is 1. The van der Waals surface area contributed by atoms with Crippen molar-refractivity contribution in [2.75, 3.05) is 71.8 Å². The number of nitrogens with one attached hydrogen (secondary N) is 3. The highest BCUT2D eigenvalue weighted by molar-refractivity contribution is 6.00. The fraction of sp³-hybridized carbons (Fsp3) is 0.520. The molecule has 0 bridgehead atoms. The Morgan fingerprint density at radius 3 is 2.10 bits per heavy atom. The van der Waals surface area contributed by atoms with Gasteiger partial charge in [0.05, 0.1) is 59.2 Å². The van der Waals surface area contributed by atoms with Crippen molar-refractivity contribution in [2.24, 2.45) is 5.92 Å². The molecule has 0 aliphatic heterocycles. The van der Waals surface area contributed by atoms with Crippen LogP contribution in [0.15, 0.2) is 79.0 Å². The monoisotopic (exact) mass is 873 g/mol. The molecule has 1 fully saturated rings. The summed E-state index contributed by atoms with van der Waals surface area (Å²) in [5, 5.41) is 20.1. The molecule has 0 unspecified atom stereocenters. The maximum absolute atomic E-state index is 12.8. The number of amides is 2. The molecule has 2 amide bonds. The molecule has 0 spiro atoms. The number of aromatic nitrogens is 1. The van der Waals surface area contributed by atoms with Crippen molar-refractivity contribution in [3.8, 4) is 22.6 Å². The summed E-state index contributed by atoms with van der Waals surface area (Å²) >= 11 is 0. The number of benzene rings is 3. The SMILES string of the molecule is CC.CCCC1CCC1.CCCOCCOCCOCCOc1ccc(-c2ccc([C@H](CC(=O)O)NC(=O)CNC(=O)CCCCNc3cc(OC)ccn3)cc2)c2ccccc12. The zero-order valence-electron chi connectivity index (χ0n) is 38.3. The van der Waals surface area contributed by atoms with E-state index in [1.54, 1.807) is 25.4 Å². The van der Waals surface area contributed by atoms with E-state index in [0.29, 0.717) is 69.7 Å². The Labute approximate surface area is 375 Å². The first-order chi connectivity index (χ1) is 30.8. The van der Waals surface area contributed by atoms with Gasteiger partial charge in [-0.2, -0.15) is 0 Å². The summed E-state index contributed by atoms with van der Waals surface area (Å²) < 4.78 is 27.8. The van der Waals surface area contributed by atoms with E-state index in [1.807, 2.05) is 74.5 Å². The topological polar surface area (TPSA) is 167 Å². The predicted octanol–water partition coefficient (Wildman–Crippen LogP) is 9.39. The average molecular weight is 873 g/mol. The summed E-state index contributed by atoms with van der Waals surface area (Å²) in [6.07, 6.45) is 11.4. The molecule has 3 aromatic carbocycles. The molecule has 13 heteroatoms. The number of carboxylic acids is 1. The van der Waals surface area contributed by atoms with Gasteiger partial charge in [0.15, 0.2) is 0 Å². The zero-order chi connectivity index (χ0) is 45.5. The van der Waals surface area contributed by atoms with Gasteiger partial charge in [0.25, 0.3) is 0 Å². The van der Waals surface area contributed by atoms with Crippen LogP contribution in [0.1, 0.15) is 104 Å². The third-order valence-corrected chi connectivity index (χ3v) is 10.3. The van der Waals surface area contributed by atoms with Gasteiger partial charge in [0.1, 0.15) is 23.9 Å². The molecular formula is C50H72N4O9. The second-order valence-electron chi connectivity index (χ2n) is 15.0. The molecule has 4 N–H and O–H groups in total. The normalized spacial score (nSPS) is 12.4. The number of rotatable bonds is 28. The number of ether oxygens (including phenoxy) is 5. The number of anilines is 1. The summed E-state index contributed by atoms with van der Waals surface area (Å²) in [6.45, 7) is 12.4. The van der Waals surface area contributed by atoms with Crippen LogP contribution < -0.4 is 25.4 Å². The van der Waals surface area contributed by atoms with Gasteiger partial charge >= 0.3 is 5.97 Å². The zero-order valence-corrected chi connectivity index (χ0v) is 38.3. The van der Waals surface area contributed by atoms with Crippen LogP contribution in [0, 0.1) is 5.92 Å². The average Bonchev–Trinajstić information content (AvgIpc) is 3.29. The number of carbonyl (C=O) groups is 3. The number of unbranched alkanes of at least 4 members (excludes halogenated alkanes) is 1. The van der Waals surface area contributed by atoms with Crippen molar-refractivity contribution in [1.82, 2.24) is 15.6 Å². The molecule has 1 saturated carbocycles. The fourth-order valence-corrected chi connectivity index (χ4v) is 6.83. The number of methoxy groups -OCH3 is 1. The van der Waals surface area contributed by atoms with Gasteiger partial charge < -0.3 is 44.7 Å². The van der Waals surface area contributed by atoms with Gasteiger partial charge in [-0.1, -0.05) is 114 Å². The quantitative estimate of drug-likeness (QED) is 0.0402. The summed E-state index contributed by atoms with van der Waals surface area (Å²) in [5.74, 6) is 1.48. The third-order valence-electron chi connectivity index (χ3n) is 10.3. The van der Waals surface area contributed by atoms with Gasteiger partial charge in [-0.05, 0) is 59.4 Å². The van der Waals surface area contributed by atoms with E-state index in [9.17, 15) is 19.5 Å². The first kappa shape index (κ1) is 52.1. The Morgan fingerprint density at radius 2 is 1.48 bits per heavy atom. The molecular weight excluding hydrogens is 801 g/mol. The maximum atomic E-state index is 12.8. The molecule has 346 valence electrons. The van der Waals surface area contributed by atoms with E-state index in [-0.39, 0.29) is 25.3 Å². The molecule has 1 aliphatic carbocycles. The number of nitrogens with zero attached hydrogens (tertiary/aromatic N) is 1. The standard InChI is InChI=1S/C41H52N4O9.C7H14.C2H6/c1-3-20-51-21-22-52-23-24-53-25-26-54-37-16-15-33(34-8-4-5-9-35(34)37)30-11-13-31(14-12-30)36(28-41(48)49)45-40(47)29-44-39(46)10-6-7-18-42-38-27-32(50-2)17-19-43-38;1-2-4-7-5-3-6-7;1-2/h4-5,8-9,11-17,19,27,36H,3,6-7,10,18,20-26,28-29H2,1-2H3,(H,42,43)(H,44,46)(H,45,47)(H,48,49);7H,2-6H2,1H3;1-2H3/t36-;;/m0../s1. The van der Waals surface area contributed by atoms with E-state index in [2.05, 4.69) is 34.8 Å². The highest BCUT2D eigenvalue weighted by Crippen LogP contribution is 2.35. The van der Waals surface area contributed by atoms with Crippen LogP contribution in [0.2, 0.25) is 0 Å². The Kier molecular flexibility index (Phi) is 26.1. The molecule has 1 atom stereocenters. The van der Waals surface area contributed by atoms with E-state index < -0.39 is 17.9 Å². The number of carbonyl (C=O) groups excluding carboxylic acids is 2. The summed E-state index contributed by atoms with van der Waals surface area (Å²) in [6, 6.07) is 22.1. The lowest BCUT2D eigenvalue weighted by Crippen LogP contribution is -2.39. The minimum atomic E-state index is -1.06. The molecule has 63 heavy (non-hydrogen) atoms. The second kappa shape index (κ2) is 31.6. The fourth-order valence-electron chi connectivity index (χ4n) is 6.83. The Morgan fingerprint density at radius 1 is 0.794 bits per heavy atom. The summed E-state index contributed by atoms with van der Waals surface area (Å²) in [7, 11) is 1.59. The van der Waals surface area contributed by atoms with Gasteiger partial charge in [0.2, 0.25) is 11.8 Å². The van der Waals surface area contributed by atoms with E-state index in [0.717, 1.165) is 53.0 Å². The van der Waals surface area contributed by atoms with Crippen LogP contribution in [-0.2, 0) is 28.6 Å². The third kappa shape index (κ3) is 20.2. The Bertz CT molecular complexity index is 1890. The lowest BCUT2D eigenvalue weighted by atomic mass is 9.82. The van der Waals surface area contributed by atoms with Crippen molar-refractivity contribution in [3.63, 3.8) is 0 Å². The highest BCUT2D eigenvalue weighted by atomic mass is 16.6. The predicted molar refractivity (Wildman–Crippen MR) is 250 cm³/mol. The molecule has 1 aromatic heterocycles. The van der Waals surface area contributed by atoms with E-state index >= 15 is 0 Å². The largest absolute Gasteiger partial charge is 0.497 e. The van der Waals surface area contributed by atoms with Gasteiger partial charge in [-0.3, -0.25) is 14.4 Å². The Hall–Kier alpha value is -5.24. The maximum Gasteiger partial charge on any atom is 0.305 e. The van der Waals surface area contributed by atoms with Crippen molar-refractivity contribution in [1.29, 1.82) is 0 Å². The number of pyridine rings is 1. The molecule has 4 aromatic rings. The molecule has 5 rings (SSSR count). The van der Waals surface area contributed by atoms with E-state index in [1.165, 1.54) is 32.1 Å². The molecule has 13 nitrogen and oxygen atoms in total. The smallest absolute Gasteiger partial charge is 0.305 e. The summed E-state index contributed by atoms with van der Waals surface area (Å²) in [5.41, 5.74) is 2.54. The minimum Gasteiger partial charge on any atom is -0.497 e. The Balaban J connectivity index is 0.00000105. The first-order valence-corrected chi connectivity index (χ1v) is 22.8. The van der Waals surface area contributed by atoms with Crippen LogP contribution >= 0.6 is 0 Å². The van der Waals surface area contributed by atoms with Gasteiger partial charge in [0, 0.05) is 37.2 Å².